The fourth-order valence-corrected chi connectivity index (χ4v) is 5.05. The molecule has 2 nitrogen and oxygen atoms in total. The summed E-state index contributed by atoms with van der Waals surface area (Å²) in [6.45, 7) is 4.38. The summed E-state index contributed by atoms with van der Waals surface area (Å²) in [6.07, 6.45) is 16.6. The molecule has 0 radical (unpaired) electrons. The monoisotopic (exact) mass is 522 g/mol. The number of ether oxygens (including phenoxy) is 1. The molecule has 2 aromatic carbocycles. The number of unbranched alkanes of at least 4 members (excludes halogenated alkanes) is 9. The Morgan fingerprint density at radius 3 is 2.08 bits per heavy atom. The quantitative estimate of drug-likeness (QED) is 0.125. The number of benzene rings is 2. The van der Waals surface area contributed by atoms with Crippen LogP contribution in [0.1, 0.15) is 108 Å². The van der Waals surface area contributed by atoms with Gasteiger partial charge in [-0.05, 0) is 54.2 Å². The van der Waals surface area contributed by atoms with Gasteiger partial charge in [-0.3, -0.25) is 4.79 Å². The van der Waals surface area contributed by atoms with Crippen LogP contribution in [0.4, 0.5) is 8.78 Å². The van der Waals surface area contributed by atoms with E-state index >= 15 is 8.78 Å². The van der Waals surface area contributed by atoms with Crippen LogP contribution in [0.5, 0.6) is 5.75 Å². The van der Waals surface area contributed by atoms with Crippen LogP contribution in [0.25, 0.3) is 5.57 Å². The first-order chi connectivity index (χ1) is 18.5. The van der Waals surface area contributed by atoms with Crippen LogP contribution >= 0.6 is 0 Å². The molecular formula is C34H44F2O2. The van der Waals surface area contributed by atoms with Crippen molar-refractivity contribution in [3.8, 4) is 5.75 Å². The molecule has 0 fully saturated rings. The van der Waals surface area contributed by atoms with Crippen molar-refractivity contribution in [2.24, 2.45) is 0 Å². The fourth-order valence-electron chi connectivity index (χ4n) is 5.05. The number of esters is 1. The number of carbonyl (C=O) groups excluding carboxylic acids is 1. The standard InChI is InChI=1S/C34H44F2O2/c1-3-5-7-9-11-13-18-33(37)38-30-25-21-28(22-26-30)31-16-14-17-32(35)34(31,36)29-23-19-27(20-24-29)15-12-10-8-6-4-2/h14,16-17,19-26,32H,3-13,15,18H2,1-2H3. The molecule has 0 aromatic heterocycles. The third-order valence-corrected chi connectivity index (χ3v) is 7.39. The van der Waals surface area contributed by atoms with Gasteiger partial charge >= 0.3 is 5.97 Å². The first-order valence-electron chi connectivity index (χ1n) is 14.6. The van der Waals surface area contributed by atoms with Gasteiger partial charge in [-0.25, -0.2) is 8.78 Å². The predicted octanol–water partition coefficient (Wildman–Crippen LogP) is 10.0. The van der Waals surface area contributed by atoms with Crippen molar-refractivity contribution in [2.75, 3.05) is 0 Å². The van der Waals surface area contributed by atoms with Gasteiger partial charge in [0.1, 0.15) is 5.75 Å². The number of halogens is 2. The Balaban J connectivity index is 1.62. The molecular weight excluding hydrogens is 478 g/mol. The van der Waals surface area contributed by atoms with Crippen LogP contribution in [0.2, 0.25) is 0 Å². The lowest BCUT2D eigenvalue weighted by Crippen LogP contribution is -2.34. The van der Waals surface area contributed by atoms with Gasteiger partial charge in [-0.1, -0.05) is 120 Å². The fraction of sp³-hybridized carbons (Fsp3) is 0.500. The van der Waals surface area contributed by atoms with E-state index in [-0.39, 0.29) is 11.5 Å². The molecule has 0 saturated heterocycles. The van der Waals surface area contributed by atoms with Gasteiger partial charge in [-0.15, -0.1) is 0 Å². The zero-order valence-electron chi connectivity index (χ0n) is 23.2. The van der Waals surface area contributed by atoms with Crippen LogP contribution in [-0.2, 0) is 16.9 Å². The summed E-state index contributed by atoms with van der Waals surface area (Å²) in [5.74, 6) is 0.156. The maximum absolute atomic E-state index is 16.6. The molecule has 0 N–H and O–H groups in total. The highest BCUT2D eigenvalue weighted by molar-refractivity contribution is 5.78. The van der Waals surface area contributed by atoms with E-state index in [1.165, 1.54) is 51.0 Å². The van der Waals surface area contributed by atoms with Crippen LogP contribution in [0.15, 0.2) is 66.8 Å². The average molecular weight is 523 g/mol. The number of hydrogen-bond donors (Lipinski definition) is 0. The summed E-state index contributed by atoms with van der Waals surface area (Å²) in [4.78, 5) is 12.2. The number of carbonyl (C=O) groups is 1. The van der Waals surface area contributed by atoms with Crippen molar-refractivity contribution < 1.29 is 18.3 Å². The van der Waals surface area contributed by atoms with Crippen LogP contribution in [0, 0.1) is 0 Å². The van der Waals surface area contributed by atoms with Crippen molar-refractivity contribution in [3.63, 3.8) is 0 Å². The molecule has 0 bridgehead atoms. The van der Waals surface area contributed by atoms with Crippen LogP contribution in [0.3, 0.4) is 0 Å². The van der Waals surface area contributed by atoms with Gasteiger partial charge in [0.25, 0.3) is 0 Å². The SMILES string of the molecule is CCCCCCCCC(=O)Oc1ccc(C2=CC=CC(F)C2(F)c2ccc(CCCCCCC)cc2)cc1. The van der Waals surface area contributed by atoms with E-state index in [2.05, 4.69) is 13.8 Å². The lowest BCUT2D eigenvalue weighted by molar-refractivity contribution is -0.134. The minimum absolute atomic E-state index is 0.262. The second-order valence-corrected chi connectivity index (χ2v) is 10.5. The van der Waals surface area contributed by atoms with E-state index in [1.54, 1.807) is 48.6 Å². The third-order valence-electron chi connectivity index (χ3n) is 7.39. The second-order valence-electron chi connectivity index (χ2n) is 10.5. The normalized spacial score (nSPS) is 18.8. The molecule has 0 aliphatic heterocycles. The molecule has 0 amide bonds. The summed E-state index contributed by atoms with van der Waals surface area (Å²) in [5, 5.41) is 0. The Hall–Kier alpha value is -2.75. The van der Waals surface area contributed by atoms with Crippen LogP contribution < -0.4 is 4.74 Å². The largest absolute Gasteiger partial charge is 0.427 e. The summed E-state index contributed by atoms with van der Waals surface area (Å²) in [7, 11) is 0. The lowest BCUT2D eigenvalue weighted by Gasteiger charge is -2.33. The summed E-state index contributed by atoms with van der Waals surface area (Å²) >= 11 is 0. The van der Waals surface area contributed by atoms with Crippen molar-refractivity contribution in [3.05, 3.63) is 83.4 Å². The number of allylic oxidation sites excluding steroid dienone is 4. The van der Waals surface area contributed by atoms with E-state index < -0.39 is 11.8 Å². The van der Waals surface area contributed by atoms with Gasteiger partial charge in [0.05, 0.1) is 0 Å². The molecule has 4 heteroatoms. The van der Waals surface area contributed by atoms with Crippen molar-refractivity contribution in [1.82, 2.24) is 0 Å². The van der Waals surface area contributed by atoms with Gasteiger partial charge in [-0.2, -0.15) is 0 Å². The lowest BCUT2D eigenvalue weighted by atomic mass is 9.77. The average Bonchev–Trinajstić information content (AvgIpc) is 2.93. The Morgan fingerprint density at radius 2 is 1.42 bits per heavy atom. The molecule has 0 spiro atoms. The molecule has 2 atom stereocenters. The highest BCUT2D eigenvalue weighted by Gasteiger charge is 2.45. The molecule has 1 aliphatic carbocycles. The zero-order chi connectivity index (χ0) is 27.2. The van der Waals surface area contributed by atoms with Gasteiger partial charge < -0.3 is 4.74 Å². The summed E-state index contributed by atoms with van der Waals surface area (Å²) in [5.41, 5.74) is 0.00252. The van der Waals surface area contributed by atoms with Crippen molar-refractivity contribution >= 4 is 11.5 Å². The van der Waals surface area contributed by atoms with E-state index in [4.69, 9.17) is 4.74 Å². The zero-order valence-corrected chi connectivity index (χ0v) is 23.2. The van der Waals surface area contributed by atoms with Gasteiger partial charge in [0.2, 0.25) is 0 Å². The molecule has 38 heavy (non-hydrogen) atoms. The first kappa shape index (κ1) is 29.8. The molecule has 2 unspecified atom stereocenters. The van der Waals surface area contributed by atoms with Crippen molar-refractivity contribution in [2.45, 2.75) is 109 Å². The third kappa shape index (κ3) is 8.38. The minimum Gasteiger partial charge on any atom is -0.427 e. The Labute approximate surface area is 228 Å². The first-order valence-corrected chi connectivity index (χ1v) is 14.6. The molecule has 206 valence electrons. The number of alkyl halides is 2. The van der Waals surface area contributed by atoms with Gasteiger partial charge in [0, 0.05) is 12.0 Å². The van der Waals surface area contributed by atoms with E-state index in [9.17, 15) is 4.79 Å². The Morgan fingerprint density at radius 1 is 0.816 bits per heavy atom. The number of aryl methyl sites for hydroxylation is 1. The highest BCUT2D eigenvalue weighted by Crippen LogP contribution is 2.47. The van der Waals surface area contributed by atoms with Gasteiger partial charge in [0.15, 0.2) is 11.8 Å². The topological polar surface area (TPSA) is 26.3 Å². The van der Waals surface area contributed by atoms with Crippen molar-refractivity contribution in [1.29, 1.82) is 0 Å². The summed E-state index contributed by atoms with van der Waals surface area (Å²) in [6, 6.07) is 14.0. The maximum atomic E-state index is 16.6. The summed E-state index contributed by atoms with van der Waals surface area (Å²) < 4.78 is 37.2. The second kappa shape index (κ2) is 15.6. The predicted molar refractivity (Wildman–Crippen MR) is 154 cm³/mol. The maximum Gasteiger partial charge on any atom is 0.311 e. The molecule has 1 aliphatic rings. The molecule has 2 aromatic rings. The Kier molecular flexibility index (Phi) is 12.2. The number of hydrogen-bond acceptors (Lipinski definition) is 2. The van der Waals surface area contributed by atoms with E-state index in [0.717, 1.165) is 37.7 Å². The minimum atomic E-state index is -2.29. The highest BCUT2D eigenvalue weighted by atomic mass is 19.2. The Bertz CT molecular complexity index is 1040. The number of rotatable bonds is 16. The van der Waals surface area contributed by atoms with E-state index in [0.29, 0.717) is 23.3 Å². The smallest absolute Gasteiger partial charge is 0.311 e. The van der Waals surface area contributed by atoms with Crippen LogP contribution in [-0.4, -0.2) is 12.1 Å². The van der Waals surface area contributed by atoms with E-state index in [1.807, 2.05) is 12.1 Å². The molecule has 0 saturated carbocycles. The molecule has 3 rings (SSSR count). The molecule has 0 heterocycles.